The quantitative estimate of drug-likeness (QED) is 0.801. The Morgan fingerprint density at radius 3 is 2.45 bits per heavy atom. The highest BCUT2D eigenvalue weighted by atomic mass is 19.1. The number of hydrogen-bond acceptors (Lipinski definition) is 2. The van der Waals surface area contributed by atoms with Crippen LogP contribution in [-0.4, -0.2) is 23.8 Å². The van der Waals surface area contributed by atoms with E-state index in [9.17, 15) is 9.18 Å². The Kier molecular flexibility index (Phi) is 4.34. The van der Waals surface area contributed by atoms with E-state index in [-0.39, 0.29) is 17.5 Å². The molecule has 1 fully saturated rings. The van der Waals surface area contributed by atoms with Crippen LogP contribution in [0.3, 0.4) is 0 Å². The first-order valence-corrected chi connectivity index (χ1v) is 7.69. The Labute approximate surface area is 130 Å². The molecule has 0 aliphatic carbocycles. The fraction of sp³-hybridized carbons (Fsp3) is 0.316. The summed E-state index contributed by atoms with van der Waals surface area (Å²) >= 11 is 0. The van der Waals surface area contributed by atoms with Gasteiger partial charge in [-0.25, -0.2) is 4.39 Å². The molecule has 0 aromatic heterocycles. The van der Waals surface area contributed by atoms with Crippen molar-refractivity contribution >= 4 is 5.78 Å². The van der Waals surface area contributed by atoms with Crippen molar-refractivity contribution < 1.29 is 9.18 Å². The lowest BCUT2D eigenvalue weighted by Gasteiger charge is -2.15. The minimum absolute atomic E-state index is 0.00539. The summed E-state index contributed by atoms with van der Waals surface area (Å²) in [5.74, 6) is 0.139. The van der Waals surface area contributed by atoms with E-state index in [0.29, 0.717) is 11.5 Å². The van der Waals surface area contributed by atoms with Gasteiger partial charge in [0.2, 0.25) is 0 Å². The van der Waals surface area contributed by atoms with Crippen molar-refractivity contribution in [2.45, 2.75) is 13.5 Å². The molecule has 0 radical (unpaired) electrons. The van der Waals surface area contributed by atoms with Crippen LogP contribution in [0, 0.1) is 17.7 Å². The van der Waals surface area contributed by atoms with Crippen LogP contribution in [-0.2, 0) is 6.54 Å². The molecule has 1 aliphatic rings. The van der Waals surface area contributed by atoms with Crippen molar-refractivity contribution in [1.82, 2.24) is 4.90 Å². The number of carbonyl (C=O) groups excluding carboxylic acids is 1. The highest BCUT2D eigenvalue weighted by Gasteiger charge is 2.34. The van der Waals surface area contributed by atoms with Gasteiger partial charge in [0.05, 0.1) is 0 Å². The maximum atomic E-state index is 13.0. The van der Waals surface area contributed by atoms with Gasteiger partial charge in [0.15, 0.2) is 5.78 Å². The molecule has 0 spiro atoms. The standard InChI is InChI=1S/C19H20FNO/c1-14-11-21(12-15-5-3-2-4-6-15)13-18(14)19(22)16-7-9-17(20)10-8-16/h2-10,14,18H,11-13H2,1H3/t14-,18-/m1/s1. The van der Waals surface area contributed by atoms with Crippen molar-refractivity contribution in [3.63, 3.8) is 0 Å². The van der Waals surface area contributed by atoms with E-state index in [4.69, 9.17) is 0 Å². The number of halogens is 1. The van der Waals surface area contributed by atoms with Crippen LogP contribution >= 0.6 is 0 Å². The molecule has 22 heavy (non-hydrogen) atoms. The van der Waals surface area contributed by atoms with Crippen LogP contribution in [0.25, 0.3) is 0 Å². The van der Waals surface area contributed by atoms with Crippen LogP contribution in [0.1, 0.15) is 22.8 Å². The zero-order valence-corrected chi connectivity index (χ0v) is 12.7. The van der Waals surface area contributed by atoms with Gasteiger partial charge in [-0.3, -0.25) is 9.69 Å². The van der Waals surface area contributed by atoms with Gasteiger partial charge in [0.1, 0.15) is 5.82 Å². The first kappa shape index (κ1) is 14.9. The minimum atomic E-state index is -0.304. The SMILES string of the molecule is C[C@@H]1CN(Cc2ccccc2)C[C@H]1C(=O)c1ccc(F)cc1. The largest absolute Gasteiger partial charge is 0.298 e. The van der Waals surface area contributed by atoms with Gasteiger partial charge in [-0.2, -0.15) is 0 Å². The fourth-order valence-corrected chi connectivity index (χ4v) is 3.21. The van der Waals surface area contributed by atoms with Gasteiger partial charge in [-0.05, 0) is 35.7 Å². The number of benzene rings is 2. The Morgan fingerprint density at radius 1 is 1.09 bits per heavy atom. The molecule has 2 aromatic rings. The Bertz CT molecular complexity index is 638. The van der Waals surface area contributed by atoms with E-state index < -0.39 is 0 Å². The van der Waals surface area contributed by atoms with Crippen molar-refractivity contribution in [3.8, 4) is 0 Å². The Hall–Kier alpha value is -2.00. The van der Waals surface area contributed by atoms with Crippen LogP contribution in [0.4, 0.5) is 4.39 Å². The summed E-state index contributed by atoms with van der Waals surface area (Å²) in [6.07, 6.45) is 0. The summed E-state index contributed by atoms with van der Waals surface area (Å²) < 4.78 is 13.0. The van der Waals surface area contributed by atoms with Crippen molar-refractivity contribution in [3.05, 3.63) is 71.5 Å². The number of Topliss-reactive ketones (excluding diaryl/α,β-unsaturated/α-hetero) is 1. The van der Waals surface area contributed by atoms with Gasteiger partial charge in [-0.15, -0.1) is 0 Å². The van der Waals surface area contributed by atoms with E-state index >= 15 is 0 Å². The van der Waals surface area contributed by atoms with Gasteiger partial charge < -0.3 is 0 Å². The summed E-state index contributed by atoms with van der Waals surface area (Å²) in [6.45, 7) is 4.69. The van der Waals surface area contributed by atoms with E-state index in [1.807, 2.05) is 18.2 Å². The molecular weight excluding hydrogens is 277 g/mol. The molecule has 114 valence electrons. The fourth-order valence-electron chi connectivity index (χ4n) is 3.21. The second-order valence-electron chi connectivity index (χ2n) is 6.13. The highest BCUT2D eigenvalue weighted by molar-refractivity contribution is 5.98. The third-order valence-corrected chi connectivity index (χ3v) is 4.40. The third kappa shape index (κ3) is 3.25. The van der Waals surface area contributed by atoms with E-state index in [2.05, 4.69) is 24.0 Å². The number of likely N-dealkylation sites (tertiary alicyclic amines) is 1. The molecule has 3 rings (SSSR count). The van der Waals surface area contributed by atoms with Crippen LogP contribution in [0.5, 0.6) is 0 Å². The van der Waals surface area contributed by atoms with Gasteiger partial charge in [0.25, 0.3) is 0 Å². The maximum absolute atomic E-state index is 13.0. The van der Waals surface area contributed by atoms with E-state index in [0.717, 1.165) is 19.6 Å². The second kappa shape index (κ2) is 6.41. The molecule has 1 saturated heterocycles. The van der Waals surface area contributed by atoms with Crippen LogP contribution in [0.15, 0.2) is 54.6 Å². The summed E-state index contributed by atoms with van der Waals surface area (Å²) in [5, 5.41) is 0. The molecule has 1 aliphatic heterocycles. The predicted molar refractivity (Wildman–Crippen MR) is 85.1 cm³/mol. The Morgan fingerprint density at radius 2 is 1.77 bits per heavy atom. The van der Waals surface area contributed by atoms with Crippen LogP contribution < -0.4 is 0 Å². The Balaban J connectivity index is 1.68. The molecule has 0 bridgehead atoms. The van der Waals surface area contributed by atoms with Crippen molar-refractivity contribution in [2.75, 3.05) is 13.1 Å². The monoisotopic (exact) mass is 297 g/mol. The average Bonchev–Trinajstić information content (AvgIpc) is 2.89. The topological polar surface area (TPSA) is 20.3 Å². The summed E-state index contributed by atoms with van der Waals surface area (Å²) in [6, 6.07) is 16.2. The zero-order valence-electron chi connectivity index (χ0n) is 12.7. The number of nitrogens with zero attached hydrogens (tertiary/aromatic N) is 1. The van der Waals surface area contributed by atoms with Crippen molar-refractivity contribution in [2.24, 2.45) is 11.8 Å². The summed E-state index contributed by atoms with van der Waals surface area (Å²) in [4.78, 5) is 14.9. The summed E-state index contributed by atoms with van der Waals surface area (Å²) in [5.41, 5.74) is 1.88. The lowest BCUT2D eigenvalue weighted by molar-refractivity contribution is 0.0902. The lowest BCUT2D eigenvalue weighted by Crippen LogP contribution is -2.23. The van der Waals surface area contributed by atoms with Gasteiger partial charge in [0, 0.05) is 31.1 Å². The molecule has 0 amide bonds. The number of hydrogen-bond donors (Lipinski definition) is 0. The average molecular weight is 297 g/mol. The molecule has 3 heteroatoms. The maximum Gasteiger partial charge on any atom is 0.167 e. The van der Waals surface area contributed by atoms with E-state index in [1.165, 1.54) is 17.7 Å². The number of ketones is 1. The second-order valence-corrected chi connectivity index (χ2v) is 6.13. The first-order valence-electron chi connectivity index (χ1n) is 7.69. The molecule has 0 N–H and O–H groups in total. The smallest absolute Gasteiger partial charge is 0.167 e. The number of carbonyl (C=O) groups is 1. The molecule has 2 atom stereocenters. The van der Waals surface area contributed by atoms with Gasteiger partial charge in [-0.1, -0.05) is 37.3 Å². The minimum Gasteiger partial charge on any atom is -0.298 e. The highest BCUT2D eigenvalue weighted by Crippen LogP contribution is 2.27. The molecule has 0 unspecified atom stereocenters. The molecule has 2 nitrogen and oxygen atoms in total. The normalized spacial score (nSPS) is 21.9. The molecule has 1 heterocycles. The van der Waals surface area contributed by atoms with Gasteiger partial charge >= 0.3 is 0 Å². The molecular formula is C19H20FNO. The first-order chi connectivity index (χ1) is 10.6. The molecule has 0 saturated carbocycles. The van der Waals surface area contributed by atoms with Crippen molar-refractivity contribution in [1.29, 1.82) is 0 Å². The third-order valence-electron chi connectivity index (χ3n) is 4.40. The predicted octanol–water partition coefficient (Wildman–Crippen LogP) is 3.78. The van der Waals surface area contributed by atoms with Crippen LogP contribution in [0.2, 0.25) is 0 Å². The number of rotatable bonds is 4. The molecule has 2 aromatic carbocycles. The lowest BCUT2D eigenvalue weighted by atomic mass is 9.90. The zero-order chi connectivity index (χ0) is 15.5. The summed E-state index contributed by atoms with van der Waals surface area (Å²) in [7, 11) is 0. The van der Waals surface area contributed by atoms with E-state index in [1.54, 1.807) is 12.1 Å².